The summed E-state index contributed by atoms with van der Waals surface area (Å²) in [5.41, 5.74) is 11.6. The first-order valence-electron chi connectivity index (χ1n) is 52.9. The van der Waals surface area contributed by atoms with Gasteiger partial charge in [0.05, 0.1) is 0 Å². The molecule has 0 bridgehead atoms. The molecular weight excluding hydrogens is 1900 g/mol. The minimum absolute atomic E-state index is 0. The topological polar surface area (TPSA) is 296 Å². The molecule has 9 saturated carbocycles. The number of rotatable bonds is 20. The van der Waals surface area contributed by atoms with E-state index >= 15 is 0 Å². The van der Waals surface area contributed by atoms with Crippen LogP contribution in [0, 0.1) is 104 Å². The Labute approximate surface area is 973 Å². The standard InChI is InChI=1S/C34H48N2O3.C32H46N2O2.C23H38N2.C11H12O4.C9H10O3.C2H3ClO.CH2O3.2CH4.B7.2K.H/c1-22-28-13-14-30-27-12-11-25-20-26(15-17-33(25,3)29(27)16-18-34(28,30)21-35(22)4)36(5)32(38)31(39-23(2)37)19-24-9-7-6-8-10-24;1-21-26-12-13-28-25-11-10-23-19-24(34(4)30(36)29(35)18-22-8-6-5-7-9-22)14-16-31(23,2)27(25)15-17-32(26,28)20-33(21)3;1-15-19-7-8-21-18-6-5-16-13-17(24-3)9-11-22(16,2)20(18)10-12-23(19,21)14-25(15)4;1-8(12)15-10(11(13)14)7-9-5-3-2-4-6-9;10-8(9(11)12)6-7-4-2-1-3-5-7;1-2(3)4;2-1-4-3;;;1-5-7(4)6(2)3;;;/h6-11,22,26-31H,12-21H2,1-5H3;5-10,21,24-29,35H,11-20H2,1-4H3;5,15,17-21,24H,6-14H2,1-4H3;2-6,10H,7H2,1H3,(H,13,14);1-5,8,10H,6H2,(H,11,12);1H3;1,3H;2*1H4;;;;/q;;;;;;;;;;2*+1;-1/p-1/t22-,26-,27+,28+,29-,30-,31+,33-,34-;21-,24-,25+,26+,27-,28-,29-,31-,32-;15-,17-,18+,19+,20-,21-,22-,23-;10-;8-;;;;;;;;/m00000......../s1. The number of halogens is 1. The Morgan fingerprint density at radius 1 is 0.486 bits per heavy atom. The number of esters is 2. The van der Waals surface area contributed by atoms with Gasteiger partial charge in [0, 0.05) is 167 Å². The minimum atomic E-state index is -1.30. The summed E-state index contributed by atoms with van der Waals surface area (Å²) in [6.45, 7) is 22.9. The Bertz CT molecular complexity index is 5010. The van der Waals surface area contributed by atoms with Crippen LogP contribution in [0.5, 0.6) is 0 Å². The number of likely N-dealkylation sites (N-methyl/N-ethyl adjacent to an activating group) is 2. The fourth-order valence-electron chi connectivity index (χ4n) is 31.5. The van der Waals surface area contributed by atoms with Gasteiger partial charge < -0.3 is 71.3 Å². The number of carbonyl (C=O) groups is 8. The monoisotopic (exact) mass is 2070 g/mol. The van der Waals surface area contributed by atoms with E-state index in [2.05, 4.69) is 129 Å². The van der Waals surface area contributed by atoms with Gasteiger partial charge in [-0.25, -0.2) is 9.59 Å². The predicted molar refractivity (Wildman–Crippen MR) is 578 cm³/mol. The number of hydrogen-bond acceptors (Lipinski definition) is 18. The number of hydrogen-bond donors (Lipinski definition) is 5. The molecule has 19 rings (SSSR count). The van der Waals surface area contributed by atoms with Gasteiger partial charge in [0.25, 0.3) is 18.3 Å². The molecule has 779 valence electrons. The van der Waals surface area contributed by atoms with Crippen LogP contribution in [0.2, 0.25) is 0 Å². The van der Waals surface area contributed by atoms with Crippen molar-refractivity contribution in [3.8, 4) is 0 Å². The van der Waals surface area contributed by atoms with E-state index < -0.39 is 54.7 Å². The number of likely N-dealkylation sites (tertiary alicyclic amines) is 3. The van der Waals surface area contributed by atoms with Gasteiger partial charge in [-0.1, -0.05) is 192 Å². The second kappa shape index (κ2) is 56.4. The summed E-state index contributed by atoms with van der Waals surface area (Å²) in [4.78, 5) is 103. The zero-order chi connectivity index (χ0) is 103. The van der Waals surface area contributed by atoms with Crippen molar-refractivity contribution in [2.45, 2.75) is 318 Å². The van der Waals surface area contributed by atoms with Gasteiger partial charge in [0.2, 0.25) is 11.3 Å². The number of aliphatic carboxylic acids is 2. The summed E-state index contributed by atoms with van der Waals surface area (Å²) in [6.07, 6.45) is 35.8. The molecule has 2 amide bonds. The summed E-state index contributed by atoms with van der Waals surface area (Å²) in [5, 5.41) is 48.5. The molecule has 3 heterocycles. The first-order chi connectivity index (χ1) is 67.5. The molecule has 22 nitrogen and oxygen atoms in total. The van der Waals surface area contributed by atoms with Crippen LogP contribution in [0.1, 0.15) is 255 Å². The first-order valence-corrected chi connectivity index (χ1v) is 53.3. The average molecular weight is 2070 g/mol. The molecule has 12 aliphatic carbocycles. The molecule has 12 fully saturated rings. The Morgan fingerprint density at radius 3 is 1.09 bits per heavy atom. The number of aliphatic hydroxyl groups excluding tert-OH is 2. The Morgan fingerprint density at radius 2 is 0.788 bits per heavy atom. The van der Waals surface area contributed by atoms with Crippen LogP contribution in [-0.2, 0) is 78.4 Å². The molecule has 28 atom stereocenters. The van der Waals surface area contributed by atoms with Crippen LogP contribution in [-0.4, -0.2) is 266 Å². The molecule has 32 heteroatoms. The summed E-state index contributed by atoms with van der Waals surface area (Å²) >= 11 is 4.64. The van der Waals surface area contributed by atoms with Crippen molar-refractivity contribution in [1.29, 1.82) is 0 Å². The van der Waals surface area contributed by atoms with Crippen molar-refractivity contribution in [2.24, 2.45) is 104 Å². The van der Waals surface area contributed by atoms with Crippen molar-refractivity contribution >= 4 is 110 Å². The van der Waals surface area contributed by atoms with Gasteiger partial charge in [0.1, 0.15) is 6.10 Å². The third-order valence-corrected chi connectivity index (χ3v) is 38.8. The number of carboxylic acid groups (broad SMARTS) is 2. The maximum Gasteiger partial charge on any atom is 1.00 e. The van der Waals surface area contributed by atoms with E-state index in [9.17, 15) is 38.7 Å². The SMILES string of the molecule is C.C.CC(=O)Cl.CC(=O)O[C@@H](Cc1ccccc1)C(=O)O.CC(=O)O[C@H](Cc1ccccc1)C(=O)N(C)[C@H]1CC[C@@]2(C)C(=CC[C@H]3[C@@H]4CC[C@@H]5[C@H](C)N(C)C[C@@]54CC[C@@H]32)C1.CN[C@H]1CC[C@@]2(C)C(=CC[C@H]3[C@@H]4CC[C@@H]5[C@H](C)N(C)C[C@@]54CC[C@@H]32)C1.C[C@H]1[C@H]2CC[C@H]3[C@@H]4CC=C5C[C@@H](N(C)C(=O)[C@@H](O)Cc6ccccc6)CC[C@]5(C)[C@H]4CC[C@]23CN1C.O=C(O)[C@@H](O)Cc1ccccc1.O=CO[O-].[B][B]B([B])B([B])[B].[H-].[K+].[K+]. The number of ether oxygens (including phenoxy) is 2. The van der Waals surface area contributed by atoms with Crippen LogP contribution < -0.4 is 113 Å². The van der Waals surface area contributed by atoms with E-state index in [4.69, 9.17) is 61.1 Å². The van der Waals surface area contributed by atoms with E-state index in [0.717, 1.165) is 150 Å². The average Bonchev–Trinajstić information content (AvgIpc) is 1.55. The number of aliphatic hydroxyl groups is 2. The van der Waals surface area contributed by atoms with Crippen molar-refractivity contribution in [3.05, 3.63) is 179 Å². The van der Waals surface area contributed by atoms with Crippen LogP contribution in [0.3, 0.4) is 0 Å². The predicted octanol–water partition coefficient (Wildman–Crippen LogP) is 9.51. The largest absolute Gasteiger partial charge is 1.00 e. The summed E-state index contributed by atoms with van der Waals surface area (Å²) in [7, 11) is 34.7. The molecule has 3 spiro atoms. The molecule has 9 radical (unpaired) electrons. The van der Waals surface area contributed by atoms with Crippen molar-refractivity contribution < 1.29 is 183 Å². The molecule has 3 saturated heterocycles. The number of fused-ring (bicyclic) bond motifs is 12. The van der Waals surface area contributed by atoms with E-state index in [1.165, 1.54) is 169 Å². The molecule has 4 aromatic rings. The molecule has 15 aliphatic rings. The molecular formula is C114H167B7ClK2N6O16. The smallest absolute Gasteiger partial charge is 1.00 e. The quantitative estimate of drug-likeness (QED) is 0.0105. The third kappa shape index (κ3) is 28.8. The van der Waals surface area contributed by atoms with E-state index in [0.29, 0.717) is 39.9 Å². The number of benzene rings is 4. The van der Waals surface area contributed by atoms with Gasteiger partial charge in [-0.2, -0.15) is 0 Å². The molecule has 3 aliphatic heterocycles. The van der Waals surface area contributed by atoms with E-state index in [1.807, 2.05) is 127 Å². The summed E-state index contributed by atoms with van der Waals surface area (Å²) in [5.74, 6) is 7.30. The molecule has 5 N–H and O–H groups in total. The van der Waals surface area contributed by atoms with Crippen LogP contribution in [0.25, 0.3) is 0 Å². The normalized spacial score (nSPS) is 33.5. The summed E-state index contributed by atoms with van der Waals surface area (Å²) < 4.78 is 10.2. The van der Waals surface area contributed by atoms with Gasteiger partial charge in [-0.15, -0.1) is 0 Å². The number of nitrogens with one attached hydrogen (secondary N) is 1. The number of allylic oxidation sites excluding steroid dienone is 3. The van der Waals surface area contributed by atoms with Crippen molar-refractivity contribution in [1.82, 2.24) is 29.8 Å². The summed E-state index contributed by atoms with van der Waals surface area (Å²) in [6, 6.07) is 41.2. The fourth-order valence-corrected chi connectivity index (χ4v) is 31.5. The number of carbonyl (C=O) groups excluding carboxylic acids is 6. The zero-order valence-electron chi connectivity index (χ0n) is 90.3. The van der Waals surface area contributed by atoms with E-state index in [1.54, 1.807) is 35.4 Å². The minimum Gasteiger partial charge on any atom is -1.00 e. The first kappa shape index (κ1) is 127. The van der Waals surface area contributed by atoms with Gasteiger partial charge in [-0.3, -0.25) is 28.8 Å². The van der Waals surface area contributed by atoms with Gasteiger partial charge in [0.15, 0.2) is 12.2 Å². The Kier molecular flexibility index (Phi) is 49.1. The zero-order valence-corrected chi connectivity index (χ0v) is 96.3. The second-order valence-corrected chi connectivity index (χ2v) is 46.2. The number of amides is 2. The van der Waals surface area contributed by atoms with Gasteiger partial charge >= 0.3 is 127 Å². The number of carboxylic acids is 2. The third-order valence-electron chi connectivity index (χ3n) is 38.8. The van der Waals surface area contributed by atoms with Gasteiger partial charge in [-0.05, 0) is 340 Å². The number of nitrogens with zero attached hydrogens (tertiary/aromatic N) is 5. The van der Waals surface area contributed by atoms with E-state index in [-0.39, 0.29) is 179 Å². The van der Waals surface area contributed by atoms with Crippen LogP contribution in [0.4, 0.5) is 0 Å². The molecule has 4 aromatic carbocycles. The Balaban J connectivity index is 0.000000249. The maximum absolute atomic E-state index is 13.7. The maximum atomic E-state index is 13.7. The Hall–Kier alpha value is -4.20. The second-order valence-electron chi connectivity index (χ2n) is 45.7. The molecule has 146 heavy (non-hydrogen) atoms. The van der Waals surface area contributed by atoms with Crippen molar-refractivity contribution in [2.75, 3.05) is 61.9 Å². The van der Waals surface area contributed by atoms with Crippen molar-refractivity contribution in [3.63, 3.8) is 0 Å². The fraction of sp³-hybridized carbons (Fsp3) is 0.667. The molecule has 0 aromatic heterocycles. The van der Waals surface area contributed by atoms with Crippen LogP contribution >= 0.6 is 11.6 Å². The van der Waals surface area contributed by atoms with Crippen LogP contribution in [0.15, 0.2) is 156 Å². The molecule has 0 unspecified atom stereocenters.